The highest BCUT2D eigenvalue weighted by Gasteiger charge is 2.32. The Bertz CT molecular complexity index is 668. The summed E-state index contributed by atoms with van der Waals surface area (Å²) in [5.41, 5.74) is 6.26. The molecule has 7 nitrogen and oxygen atoms in total. The van der Waals surface area contributed by atoms with Gasteiger partial charge in [0.05, 0.1) is 11.0 Å². The predicted molar refractivity (Wildman–Crippen MR) is 71.1 cm³/mol. The molecule has 20 heavy (non-hydrogen) atoms. The van der Waals surface area contributed by atoms with Crippen molar-refractivity contribution >= 4 is 17.3 Å². The van der Waals surface area contributed by atoms with Crippen LogP contribution in [0.3, 0.4) is 0 Å². The molecule has 2 N–H and O–H groups in total. The maximum absolute atomic E-state index is 10.8. The molecule has 0 saturated heterocycles. The molecule has 1 unspecified atom stereocenters. The van der Waals surface area contributed by atoms with Crippen molar-refractivity contribution in [3.8, 4) is 11.5 Å². The van der Waals surface area contributed by atoms with Crippen LogP contribution >= 0.6 is 11.6 Å². The topological polar surface area (TPSA) is 108 Å². The molecule has 8 heteroatoms. The average molecular weight is 295 g/mol. The van der Waals surface area contributed by atoms with Crippen molar-refractivity contribution in [1.29, 1.82) is 0 Å². The molecule has 1 atom stereocenters. The van der Waals surface area contributed by atoms with Gasteiger partial charge in [0.25, 0.3) is 11.6 Å². The minimum Gasteiger partial charge on any atom is -0.334 e. The van der Waals surface area contributed by atoms with E-state index in [2.05, 4.69) is 10.1 Å². The molecule has 1 aromatic carbocycles. The van der Waals surface area contributed by atoms with Gasteiger partial charge in [-0.25, -0.2) is 0 Å². The molecule has 0 radical (unpaired) electrons. The lowest BCUT2D eigenvalue weighted by molar-refractivity contribution is -0.384. The van der Waals surface area contributed by atoms with E-state index in [-0.39, 0.29) is 22.6 Å². The number of halogens is 1. The molecule has 1 aromatic heterocycles. The highest BCUT2D eigenvalue weighted by Crippen LogP contribution is 2.39. The van der Waals surface area contributed by atoms with Crippen LogP contribution in [0.5, 0.6) is 0 Å². The van der Waals surface area contributed by atoms with Crippen LogP contribution in [0.4, 0.5) is 5.69 Å². The van der Waals surface area contributed by atoms with Gasteiger partial charge in [-0.1, -0.05) is 16.8 Å². The molecule has 1 heterocycles. The number of nitrogens with zero attached hydrogens (tertiary/aromatic N) is 3. The van der Waals surface area contributed by atoms with E-state index in [1.54, 1.807) is 0 Å². The Morgan fingerprint density at radius 2 is 2.20 bits per heavy atom. The summed E-state index contributed by atoms with van der Waals surface area (Å²) in [6, 6.07) is 3.89. The second-order valence-electron chi connectivity index (χ2n) is 4.78. The molecular weight excluding hydrogens is 284 g/mol. The Morgan fingerprint density at radius 3 is 2.85 bits per heavy atom. The third-order valence-corrected chi connectivity index (χ3v) is 3.43. The van der Waals surface area contributed by atoms with E-state index in [1.807, 2.05) is 0 Å². The zero-order chi connectivity index (χ0) is 14.3. The summed E-state index contributed by atoms with van der Waals surface area (Å²) in [5.74, 6) is 1.00. The highest BCUT2D eigenvalue weighted by atomic mass is 35.5. The molecular formula is C12H11ClN4O3. The second kappa shape index (κ2) is 4.84. The van der Waals surface area contributed by atoms with Gasteiger partial charge in [0.2, 0.25) is 0 Å². The van der Waals surface area contributed by atoms with Crippen LogP contribution in [0, 0.1) is 16.0 Å². The Balaban J connectivity index is 1.94. The van der Waals surface area contributed by atoms with Gasteiger partial charge in [-0.3, -0.25) is 10.1 Å². The summed E-state index contributed by atoms with van der Waals surface area (Å²) in [6.45, 7) is 0. The van der Waals surface area contributed by atoms with Gasteiger partial charge in [0.1, 0.15) is 0 Å². The fraction of sp³-hybridized carbons (Fsp3) is 0.333. The van der Waals surface area contributed by atoms with Gasteiger partial charge >= 0.3 is 0 Å². The van der Waals surface area contributed by atoms with E-state index in [1.165, 1.54) is 18.2 Å². The van der Waals surface area contributed by atoms with Crippen LogP contribution in [0.15, 0.2) is 22.7 Å². The number of aromatic nitrogens is 2. The SMILES string of the molecule is NC(c1noc(-c2cc(Cl)cc([N+](=O)[O-])c2)n1)C1CC1. The van der Waals surface area contributed by atoms with Gasteiger partial charge < -0.3 is 10.3 Å². The van der Waals surface area contributed by atoms with E-state index >= 15 is 0 Å². The number of nitrogens with two attached hydrogens (primary N) is 1. The zero-order valence-corrected chi connectivity index (χ0v) is 11.1. The Morgan fingerprint density at radius 1 is 1.45 bits per heavy atom. The number of hydrogen-bond donors (Lipinski definition) is 1. The third kappa shape index (κ3) is 2.50. The Labute approximate surface area is 118 Å². The van der Waals surface area contributed by atoms with Crippen LogP contribution in [0.25, 0.3) is 11.5 Å². The largest absolute Gasteiger partial charge is 0.334 e. The van der Waals surface area contributed by atoms with Crippen LogP contribution in [0.1, 0.15) is 24.7 Å². The van der Waals surface area contributed by atoms with Crippen molar-refractivity contribution in [2.75, 3.05) is 0 Å². The Hall–Kier alpha value is -1.99. The first-order valence-corrected chi connectivity index (χ1v) is 6.47. The fourth-order valence-corrected chi connectivity index (χ4v) is 2.19. The molecule has 1 fully saturated rings. The first-order chi connectivity index (χ1) is 9.54. The zero-order valence-electron chi connectivity index (χ0n) is 10.3. The summed E-state index contributed by atoms with van der Waals surface area (Å²) >= 11 is 5.85. The first-order valence-electron chi connectivity index (χ1n) is 6.09. The molecule has 1 saturated carbocycles. The van der Waals surface area contributed by atoms with Crippen molar-refractivity contribution < 1.29 is 9.45 Å². The molecule has 0 bridgehead atoms. The third-order valence-electron chi connectivity index (χ3n) is 3.21. The fourth-order valence-electron chi connectivity index (χ4n) is 1.96. The average Bonchev–Trinajstić information content (AvgIpc) is 3.14. The summed E-state index contributed by atoms with van der Waals surface area (Å²) in [6.07, 6.45) is 2.13. The van der Waals surface area contributed by atoms with Gasteiger partial charge in [-0.05, 0) is 24.8 Å². The smallest absolute Gasteiger partial charge is 0.271 e. The first kappa shape index (κ1) is 13.0. The van der Waals surface area contributed by atoms with E-state index in [4.69, 9.17) is 21.9 Å². The van der Waals surface area contributed by atoms with E-state index in [0.29, 0.717) is 17.3 Å². The molecule has 3 rings (SSSR count). The van der Waals surface area contributed by atoms with Gasteiger partial charge in [0, 0.05) is 22.7 Å². The molecule has 0 spiro atoms. The van der Waals surface area contributed by atoms with Crippen molar-refractivity contribution in [3.63, 3.8) is 0 Å². The summed E-state index contributed by atoms with van der Waals surface area (Å²) in [7, 11) is 0. The number of nitro groups is 1. The molecule has 1 aliphatic rings. The van der Waals surface area contributed by atoms with Crippen LogP contribution in [-0.4, -0.2) is 15.1 Å². The number of nitro benzene ring substituents is 1. The Kier molecular flexibility index (Phi) is 3.15. The van der Waals surface area contributed by atoms with Crippen LogP contribution in [0.2, 0.25) is 5.02 Å². The molecule has 0 amide bonds. The van der Waals surface area contributed by atoms with E-state index in [9.17, 15) is 10.1 Å². The molecule has 0 aliphatic heterocycles. The molecule has 1 aliphatic carbocycles. The van der Waals surface area contributed by atoms with E-state index in [0.717, 1.165) is 12.8 Å². The van der Waals surface area contributed by atoms with E-state index < -0.39 is 4.92 Å². The number of rotatable bonds is 4. The van der Waals surface area contributed by atoms with Gasteiger partial charge in [-0.15, -0.1) is 0 Å². The number of non-ortho nitro benzene ring substituents is 1. The lowest BCUT2D eigenvalue weighted by atomic mass is 10.2. The van der Waals surface area contributed by atoms with Crippen molar-refractivity contribution in [3.05, 3.63) is 39.2 Å². The quantitative estimate of drug-likeness (QED) is 0.686. The lowest BCUT2D eigenvalue weighted by Gasteiger charge is -2.01. The molecule has 2 aromatic rings. The van der Waals surface area contributed by atoms with Crippen molar-refractivity contribution in [2.24, 2.45) is 11.7 Å². The van der Waals surface area contributed by atoms with Crippen LogP contribution in [-0.2, 0) is 0 Å². The monoisotopic (exact) mass is 294 g/mol. The molecule has 104 valence electrons. The summed E-state index contributed by atoms with van der Waals surface area (Å²) in [5, 5.41) is 14.9. The minimum absolute atomic E-state index is 0.126. The van der Waals surface area contributed by atoms with Gasteiger partial charge in [-0.2, -0.15) is 4.98 Å². The second-order valence-corrected chi connectivity index (χ2v) is 5.21. The number of hydrogen-bond acceptors (Lipinski definition) is 6. The predicted octanol–water partition coefficient (Wildman–Crippen LogP) is 2.71. The van der Waals surface area contributed by atoms with Crippen molar-refractivity contribution in [1.82, 2.24) is 10.1 Å². The normalized spacial score (nSPS) is 16.1. The lowest BCUT2D eigenvalue weighted by Crippen LogP contribution is -2.13. The minimum atomic E-state index is -0.525. The van der Waals surface area contributed by atoms with Gasteiger partial charge in [0.15, 0.2) is 5.82 Å². The van der Waals surface area contributed by atoms with Crippen LogP contribution < -0.4 is 5.73 Å². The maximum Gasteiger partial charge on any atom is 0.271 e. The maximum atomic E-state index is 10.8. The summed E-state index contributed by atoms with van der Waals surface area (Å²) < 4.78 is 5.12. The highest BCUT2D eigenvalue weighted by molar-refractivity contribution is 6.31. The number of benzene rings is 1. The standard InChI is InChI=1S/C12H11ClN4O3/c13-8-3-7(4-9(5-8)17(18)19)12-15-11(16-20-12)10(14)6-1-2-6/h3-6,10H,1-2,14H2. The summed E-state index contributed by atoms with van der Waals surface area (Å²) in [4.78, 5) is 14.5. The van der Waals surface area contributed by atoms with Crippen molar-refractivity contribution in [2.45, 2.75) is 18.9 Å².